The van der Waals surface area contributed by atoms with Gasteiger partial charge in [0.25, 0.3) is 11.7 Å². The monoisotopic (exact) mass is 226 g/mol. The SMILES string of the molecule is CC(C)CC(CN)Cc1nc(C(N)=O)no1. The highest BCUT2D eigenvalue weighted by Crippen LogP contribution is 2.15. The third-order valence-corrected chi connectivity index (χ3v) is 2.29. The zero-order valence-electron chi connectivity index (χ0n) is 9.64. The number of amides is 1. The van der Waals surface area contributed by atoms with Crippen LogP contribution in [0.5, 0.6) is 0 Å². The van der Waals surface area contributed by atoms with E-state index in [-0.39, 0.29) is 5.82 Å². The molecule has 6 heteroatoms. The van der Waals surface area contributed by atoms with E-state index in [0.717, 1.165) is 6.42 Å². The van der Waals surface area contributed by atoms with Crippen molar-refractivity contribution in [3.05, 3.63) is 11.7 Å². The van der Waals surface area contributed by atoms with Gasteiger partial charge in [0.15, 0.2) is 0 Å². The van der Waals surface area contributed by atoms with Gasteiger partial charge in [-0.2, -0.15) is 4.98 Å². The molecule has 0 saturated heterocycles. The third-order valence-electron chi connectivity index (χ3n) is 2.29. The topological polar surface area (TPSA) is 108 Å². The number of nitrogens with zero attached hydrogens (tertiary/aromatic N) is 2. The third kappa shape index (κ3) is 3.62. The van der Waals surface area contributed by atoms with Crippen LogP contribution in [0.1, 0.15) is 36.8 Å². The summed E-state index contributed by atoms with van der Waals surface area (Å²) in [6.07, 6.45) is 1.58. The Bertz CT molecular complexity index is 348. The molecule has 1 aromatic heterocycles. The largest absolute Gasteiger partial charge is 0.363 e. The maximum absolute atomic E-state index is 10.8. The summed E-state index contributed by atoms with van der Waals surface area (Å²) in [5.74, 6) is 0.525. The number of nitrogens with two attached hydrogens (primary N) is 2. The zero-order valence-corrected chi connectivity index (χ0v) is 9.64. The number of hydrogen-bond acceptors (Lipinski definition) is 5. The van der Waals surface area contributed by atoms with Gasteiger partial charge < -0.3 is 16.0 Å². The normalized spacial score (nSPS) is 13.0. The fraction of sp³-hybridized carbons (Fsp3) is 0.700. The smallest absolute Gasteiger partial charge is 0.290 e. The minimum absolute atomic E-state index is 0.0738. The Morgan fingerprint density at radius 3 is 2.62 bits per heavy atom. The molecule has 0 aliphatic carbocycles. The Kier molecular flexibility index (Phi) is 4.42. The first-order chi connectivity index (χ1) is 7.52. The molecule has 1 rings (SSSR count). The highest BCUT2D eigenvalue weighted by molar-refractivity contribution is 5.88. The van der Waals surface area contributed by atoms with Gasteiger partial charge in [-0.15, -0.1) is 0 Å². The average molecular weight is 226 g/mol. The molecule has 0 radical (unpaired) electrons. The number of primary amides is 1. The summed E-state index contributed by atoms with van der Waals surface area (Å²) in [4.78, 5) is 14.7. The minimum Gasteiger partial charge on any atom is -0.363 e. The van der Waals surface area contributed by atoms with Crippen LogP contribution in [-0.4, -0.2) is 22.6 Å². The van der Waals surface area contributed by atoms with Gasteiger partial charge in [0, 0.05) is 6.42 Å². The summed E-state index contributed by atoms with van der Waals surface area (Å²) in [7, 11) is 0. The Balaban J connectivity index is 2.59. The van der Waals surface area contributed by atoms with Crippen molar-refractivity contribution in [2.45, 2.75) is 26.7 Å². The van der Waals surface area contributed by atoms with Crippen molar-refractivity contribution in [1.82, 2.24) is 10.1 Å². The molecular formula is C10H18N4O2. The summed E-state index contributed by atoms with van der Waals surface area (Å²) in [5, 5.41) is 3.48. The first-order valence-corrected chi connectivity index (χ1v) is 5.35. The highest BCUT2D eigenvalue weighted by atomic mass is 16.5. The molecule has 0 aliphatic heterocycles. The van der Waals surface area contributed by atoms with E-state index in [1.165, 1.54) is 0 Å². The predicted octanol–water partition coefficient (Wildman–Crippen LogP) is 0.332. The lowest BCUT2D eigenvalue weighted by atomic mass is 9.94. The molecular weight excluding hydrogens is 208 g/mol. The van der Waals surface area contributed by atoms with Crippen molar-refractivity contribution in [2.75, 3.05) is 6.54 Å². The van der Waals surface area contributed by atoms with Crippen molar-refractivity contribution in [3.8, 4) is 0 Å². The lowest BCUT2D eigenvalue weighted by Gasteiger charge is -2.14. The molecule has 0 saturated carbocycles. The maximum Gasteiger partial charge on any atom is 0.290 e. The first-order valence-electron chi connectivity index (χ1n) is 5.35. The number of carbonyl (C=O) groups excluding carboxylic acids is 1. The molecule has 4 N–H and O–H groups in total. The standard InChI is InChI=1S/C10H18N4O2/c1-6(2)3-7(5-11)4-8-13-10(9(12)15)14-16-8/h6-7H,3-5,11H2,1-2H3,(H2,12,15). The molecule has 0 spiro atoms. The summed E-state index contributed by atoms with van der Waals surface area (Å²) in [6.45, 7) is 4.82. The van der Waals surface area contributed by atoms with Gasteiger partial charge >= 0.3 is 0 Å². The van der Waals surface area contributed by atoms with Crippen molar-refractivity contribution in [2.24, 2.45) is 23.3 Å². The summed E-state index contributed by atoms with van der Waals surface area (Å²) in [6, 6.07) is 0. The van der Waals surface area contributed by atoms with Gasteiger partial charge in [-0.1, -0.05) is 19.0 Å². The van der Waals surface area contributed by atoms with Crippen LogP contribution < -0.4 is 11.5 Å². The van der Waals surface area contributed by atoms with E-state index >= 15 is 0 Å². The maximum atomic E-state index is 10.8. The van der Waals surface area contributed by atoms with E-state index in [9.17, 15) is 4.79 Å². The summed E-state index contributed by atoms with van der Waals surface area (Å²) in [5.41, 5.74) is 10.7. The second kappa shape index (κ2) is 5.60. The molecule has 1 heterocycles. The zero-order chi connectivity index (χ0) is 12.1. The van der Waals surface area contributed by atoms with Crippen LogP contribution in [0.4, 0.5) is 0 Å². The van der Waals surface area contributed by atoms with E-state index in [1.807, 2.05) is 0 Å². The molecule has 0 fully saturated rings. The lowest BCUT2D eigenvalue weighted by molar-refractivity contribution is 0.0987. The van der Waals surface area contributed by atoms with Gasteiger partial charge in [0.1, 0.15) is 0 Å². The van der Waals surface area contributed by atoms with E-state index < -0.39 is 5.91 Å². The fourth-order valence-electron chi connectivity index (χ4n) is 1.61. The van der Waals surface area contributed by atoms with Gasteiger partial charge in [0.05, 0.1) is 0 Å². The highest BCUT2D eigenvalue weighted by Gasteiger charge is 2.16. The summed E-state index contributed by atoms with van der Waals surface area (Å²) >= 11 is 0. The first kappa shape index (κ1) is 12.6. The Morgan fingerprint density at radius 1 is 1.50 bits per heavy atom. The van der Waals surface area contributed by atoms with Crippen LogP contribution in [-0.2, 0) is 6.42 Å². The predicted molar refractivity (Wildman–Crippen MR) is 58.5 cm³/mol. The van der Waals surface area contributed by atoms with E-state index in [0.29, 0.717) is 30.7 Å². The Hall–Kier alpha value is -1.43. The Labute approximate surface area is 94.4 Å². The number of aromatic nitrogens is 2. The van der Waals surface area contributed by atoms with Crippen molar-refractivity contribution in [1.29, 1.82) is 0 Å². The van der Waals surface area contributed by atoms with Crippen molar-refractivity contribution in [3.63, 3.8) is 0 Å². The molecule has 6 nitrogen and oxygen atoms in total. The molecule has 1 amide bonds. The van der Waals surface area contributed by atoms with E-state index in [2.05, 4.69) is 24.0 Å². The molecule has 0 aromatic carbocycles. The average Bonchev–Trinajstić information content (AvgIpc) is 2.64. The summed E-state index contributed by atoms with van der Waals surface area (Å²) < 4.78 is 4.92. The minimum atomic E-state index is -0.678. The number of hydrogen-bond donors (Lipinski definition) is 2. The van der Waals surface area contributed by atoms with Crippen molar-refractivity contribution < 1.29 is 9.32 Å². The van der Waals surface area contributed by atoms with Gasteiger partial charge in [-0.25, -0.2) is 0 Å². The second-order valence-electron chi connectivity index (χ2n) is 4.31. The number of rotatable bonds is 6. The van der Waals surface area contributed by atoms with Crippen LogP contribution in [0.25, 0.3) is 0 Å². The van der Waals surface area contributed by atoms with Crippen LogP contribution in [0.15, 0.2) is 4.52 Å². The quantitative estimate of drug-likeness (QED) is 0.726. The van der Waals surface area contributed by atoms with Crippen LogP contribution >= 0.6 is 0 Å². The second-order valence-corrected chi connectivity index (χ2v) is 4.31. The van der Waals surface area contributed by atoms with Crippen LogP contribution in [0, 0.1) is 11.8 Å². The van der Waals surface area contributed by atoms with Gasteiger partial charge in [-0.3, -0.25) is 4.79 Å². The van der Waals surface area contributed by atoms with E-state index in [4.69, 9.17) is 16.0 Å². The fourth-order valence-corrected chi connectivity index (χ4v) is 1.61. The molecule has 90 valence electrons. The molecule has 1 aromatic rings. The van der Waals surface area contributed by atoms with Gasteiger partial charge in [-0.05, 0) is 24.8 Å². The lowest BCUT2D eigenvalue weighted by Crippen LogP contribution is -2.19. The van der Waals surface area contributed by atoms with Crippen LogP contribution in [0.2, 0.25) is 0 Å². The van der Waals surface area contributed by atoms with E-state index in [1.54, 1.807) is 0 Å². The molecule has 1 unspecified atom stereocenters. The number of carbonyl (C=O) groups is 1. The molecule has 0 aliphatic rings. The molecule has 1 atom stereocenters. The van der Waals surface area contributed by atoms with Gasteiger partial charge in [0.2, 0.25) is 5.89 Å². The molecule has 0 bridgehead atoms. The Morgan fingerprint density at radius 2 is 2.19 bits per heavy atom. The van der Waals surface area contributed by atoms with Crippen LogP contribution in [0.3, 0.4) is 0 Å². The molecule has 16 heavy (non-hydrogen) atoms. The van der Waals surface area contributed by atoms with Crippen molar-refractivity contribution >= 4 is 5.91 Å².